The van der Waals surface area contributed by atoms with E-state index in [-0.39, 0.29) is 5.75 Å². The highest BCUT2D eigenvalue weighted by atomic mass is 16.5. The van der Waals surface area contributed by atoms with Crippen molar-refractivity contribution in [1.82, 2.24) is 4.98 Å². The van der Waals surface area contributed by atoms with Crippen LogP contribution < -0.4 is 18.9 Å². The van der Waals surface area contributed by atoms with Gasteiger partial charge in [-0.05, 0) is 35.7 Å². The van der Waals surface area contributed by atoms with Gasteiger partial charge in [0.2, 0.25) is 0 Å². The fourth-order valence-electron chi connectivity index (χ4n) is 3.43. The van der Waals surface area contributed by atoms with Crippen LogP contribution in [0.3, 0.4) is 0 Å². The average molecular weight is 365 g/mol. The van der Waals surface area contributed by atoms with Crippen LogP contribution in [0.5, 0.6) is 28.7 Å². The maximum Gasteiger partial charge on any atom is 0.161 e. The van der Waals surface area contributed by atoms with Crippen molar-refractivity contribution in [2.45, 2.75) is 0 Å². The second-order valence-electron chi connectivity index (χ2n) is 6.10. The van der Waals surface area contributed by atoms with E-state index in [2.05, 4.69) is 4.98 Å². The zero-order chi connectivity index (χ0) is 19.1. The highest BCUT2D eigenvalue weighted by molar-refractivity contribution is 6.17. The predicted molar refractivity (Wildman–Crippen MR) is 105 cm³/mol. The van der Waals surface area contributed by atoms with Crippen LogP contribution >= 0.6 is 0 Å². The summed E-state index contributed by atoms with van der Waals surface area (Å²) in [5, 5.41) is 14.7. The van der Waals surface area contributed by atoms with Gasteiger partial charge in [-0.2, -0.15) is 0 Å². The molecule has 27 heavy (non-hydrogen) atoms. The predicted octanol–water partition coefficient (Wildman–Crippen LogP) is 4.28. The Labute approximate surface area is 155 Å². The second-order valence-corrected chi connectivity index (χ2v) is 6.10. The number of phenols is 1. The van der Waals surface area contributed by atoms with Crippen LogP contribution in [0.2, 0.25) is 0 Å². The highest BCUT2D eigenvalue weighted by Gasteiger charge is 2.16. The van der Waals surface area contributed by atoms with Gasteiger partial charge >= 0.3 is 0 Å². The molecule has 0 aliphatic rings. The summed E-state index contributed by atoms with van der Waals surface area (Å²) in [6.45, 7) is 0. The SMILES string of the molecule is COc1cc2cnc3c4cc(OC)c(OC)cc4c(O)cc3c2cc1OC. The number of hydrogen-bond donors (Lipinski definition) is 1. The number of benzene rings is 3. The summed E-state index contributed by atoms with van der Waals surface area (Å²) in [5.74, 6) is 2.51. The molecule has 3 aromatic carbocycles. The summed E-state index contributed by atoms with van der Waals surface area (Å²) >= 11 is 0. The maximum absolute atomic E-state index is 10.7. The molecule has 0 aliphatic carbocycles. The lowest BCUT2D eigenvalue weighted by molar-refractivity contribution is 0.355. The van der Waals surface area contributed by atoms with E-state index in [0.29, 0.717) is 28.4 Å². The van der Waals surface area contributed by atoms with Crippen molar-refractivity contribution in [1.29, 1.82) is 0 Å². The molecule has 0 unspecified atom stereocenters. The first-order valence-electron chi connectivity index (χ1n) is 8.33. The second kappa shape index (κ2) is 6.39. The van der Waals surface area contributed by atoms with Crippen LogP contribution in [-0.2, 0) is 0 Å². The Morgan fingerprint density at radius 1 is 0.630 bits per heavy atom. The molecule has 0 bridgehead atoms. The third kappa shape index (κ3) is 2.52. The fraction of sp³-hybridized carbons (Fsp3) is 0.190. The van der Waals surface area contributed by atoms with E-state index >= 15 is 0 Å². The lowest BCUT2D eigenvalue weighted by atomic mass is 10.00. The molecule has 4 aromatic rings. The van der Waals surface area contributed by atoms with E-state index in [1.165, 1.54) is 0 Å². The summed E-state index contributed by atoms with van der Waals surface area (Å²) in [6.07, 6.45) is 1.78. The number of aromatic nitrogens is 1. The van der Waals surface area contributed by atoms with Gasteiger partial charge in [-0.3, -0.25) is 4.98 Å². The molecule has 6 heteroatoms. The van der Waals surface area contributed by atoms with Crippen molar-refractivity contribution in [2.75, 3.05) is 28.4 Å². The molecule has 4 rings (SSSR count). The normalized spacial score (nSPS) is 11.1. The Morgan fingerprint density at radius 3 is 1.70 bits per heavy atom. The number of aromatic hydroxyl groups is 1. The standard InChI is InChI=1S/C21H19NO5/c1-24-17-5-11-10-22-21-14(12(11)7-18(17)25-2)6-16(23)13-8-19(26-3)20(27-4)9-15(13)21/h5-10,23H,1-4H3. The number of phenolic OH excluding ortho intramolecular Hbond substituents is 1. The Bertz CT molecular complexity index is 1190. The van der Waals surface area contributed by atoms with E-state index in [1.54, 1.807) is 46.8 Å². The van der Waals surface area contributed by atoms with Crippen LogP contribution in [-0.4, -0.2) is 38.5 Å². The van der Waals surface area contributed by atoms with Crippen molar-refractivity contribution in [3.63, 3.8) is 0 Å². The molecule has 0 spiro atoms. The molecule has 0 radical (unpaired) electrons. The van der Waals surface area contributed by atoms with Gasteiger partial charge in [0.25, 0.3) is 0 Å². The quantitative estimate of drug-likeness (QED) is 0.544. The minimum Gasteiger partial charge on any atom is -0.507 e. The Balaban J connectivity index is 2.15. The molecule has 1 aromatic heterocycles. The van der Waals surface area contributed by atoms with Crippen LogP contribution in [0, 0.1) is 0 Å². The molecule has 0 amide bonds. The molecular weight excluding hydrogens is 346 g/mol. The molecule has 0 aliphatic heterocycles. The van der Waals surface area contributed by atoms with Gasteiger partial charge in [0.05, 0.1) is 34.0 Å². The number of rotatable bonds is 4. The summed E-state index contributed by atoms with van der Waals surface area (Å²) in [5.41, 5.74) is 0.753. The summed E-state index contributed by atoms with van der Waals surface area (Å²) in [7, 11) is 6.33. The molecule has 1 heterocycles. The first-order chi connectivity index (χ1) is 13.1. The lowest BCUT2D eigenvalue weighted by Crippen LogP contribution is -1.93. The molecule has 6 nitrogen and oxygen atoms in total. The molecule has 138 valence electrons. The first kappa shape index (κ1) is 17.0. The number of fused-ring (bicyclic) bond motifs is 5. The van der Waals surface area contributed by atoms with Crippen LogP contribution in [0.4, 0.5) is 0 Å². The van der Waals surface area contributed by atoms with Crippen molar-refractivity contribution < 1.29 is 24.1 Å². The van der Waals surface area contributed by atoms with Crippen LogP contribution in [0.25, 0.3) is 32.4 Å². The number of nitrogens with zero attached hydrogens (tertiary/aromatic N) is 1. The molecule has 1 N–H and O–H groups in total. The van der Waals surface area contributed by atoms with Gasteiger partial charge in [-0.1, -0.05) is 0 Å². The third-order valence-electron chi connectivity index (χ3n) is 4.77. The minimum absolute atomic E-state index is 0.141. The summed E-state index contributed by atoms with van der Waals surface area (Å²) in [6, 6.07) is 9.06. The van der Waals surface area contributed by atoms with E-state index in [1.807, 2.05) is 18.2 Å². The minimum atomic E-state index is 0.141. The average Bonchev–Trinajstić information content (AvgIpc) is 2.71. The number of methoxy groups -OCH3 is 4. The largest absolute Gasteiger partial charge is 0.507 e. The van der Waals surface area contributed by atoms with Crippen LogP contribution in [0.1, 0.15) is 0 Å². The van der Waals surface area contributed by atoms with Crippen molar-refractivity contribution >= 4 is 32.4 Å². The van der Waals surface area contributed by atoms with Gasteiger partial charge in [0, 0.05) is 27.7 Å². The Hall–Kier alpha value is -3.41. The number of hydrogen-bond acceptors (Lipinski definition) is 6. The zero-order valence-corrected chi connectivity index (χ0v) is 15.5. The topological polar surface area (TPSA) is 70.0 Å². The third-order valence-corrected chi connectivity index (χ3v) is 4.77. The molecular formula is C21H19NO5. The van der Waals surface area contributed by atoms with Gasteiger partial charge in [0.15, 0.2) is 23.0 Å². The molecule has 0 saturated heterocycles. The number of ether oxygens (including phenoxy) is 4. The van der Waals surface area contributed by atoms with Crippen molar-refractivity contribution in [2.24, 2.45) is 0 Å². The van der Waals surface area contributed by atoms with Gasteiger partial charge in [-0.25, -0.2) is 0 Å². The lowest BCUT2D eigenvalue weighted by Gasteiger charge is -2.14. The summed E-state index contributed by atoms with van der Waals surface area (Å²) < 4.78 is 21.6. The van der Waals surface area contributed by atoms with Gasteiger partial charge < -0.3 is 24.1 Å². The monoisotopic (exact) mass is 365 g/mol. The van der Waals surface area contributed by atoms with Crippen molar-refractivity contribution in [3.8, 4) is 28.7 Å². The van der Waals surface area contributed by atoms with E-state index in [9.17, 15) is 5.11 Å². The van der Waals surface area contributed by atoms with E-state index in [4.69, 9.17) is 18.9 Å². The van der Waals surface area contributed by atoms with E-state index < -0.39 is 0 Å². The van der Waals surface area contributed by atoms with Crippen molar-refractivity contribution in [3.05, 3.63) is 36.5 Å². The Kier molecular flexibility index (Phi) is 4.03. The fourth-order valence-corrected chi connectivity index (χ4v) is 3.43. The zero-order valence-electron chi connectivity index (χ0n) is 15.5. The Morgan fingerprint density at radius 2 is 1.11 bits per heavy atom. The first-order valence-corrected chi connectivity index (χ1v) is 8.33. The highest BCUT2D eigenvalue weighted by Crippen LogP contribution is 2.42. The molecule has 0 fully saturated rings. The maximum atomic E-state index is 10.7. The summed E-state index contributed by atoms with van der Waals surface area (Å²) in [4.78, 5) is 4.64. The van der Waals surface area contributed by atoms with Crippen LogP contribution in [0.15, 0.2) is 36.5 Å². The van der Waals surface area contributed by atoms with E-state index in [0.717, 1.165) is 27.1 Å². The molecule has 0 saturated carbocycles. The molecule has 0 atom stereocenters. The van der Waals surface area contributed by atoms with Gasteiger partial charge in [-0.15, -0.1) is 0 Å². The van der Waals surface area contributed by atoms with Gasteiger partial charge in [0.1, 0.15) is 5.75 Å². The smallest absolute Gasteiger partial charge is 0.161 e. The number of pyridine rings is 1.